The second-order valence-electron chi connectivity index (χ2n) is 4.55. The van der Waals surface area contributed by atoms with E-state index >= 15 is 0 Å². The monoisotopic (exact) mass is 259 g/mol. The van der Waals surface area contributed by atoms with Crippen molar-refractivity contribution < 1.29 is 9.90 Å². The normalized spacial score (nSPS) is 9.68. The quantitative estimate of drug-likeness (QED) is 0.842. The van der Waals surface area contributed by atoms with Crippen LogP contribution in [0.5, 0.6) is 0 Å². The molecule has 1 aromatic rings. The van der Waals surface area contributed by atoms with E-state index in [0.717, 1.165) is 24.1 Å². The number of carbonyl (C=O) groups is 1. The summed E-state index contributed by atoms with van der Waals surface area (Å²) in [6, 6.07) is 5.66. The van der Waals surface area contributed by atoms with E-state index in [1.165, 1.54) is 0 Å². The lowest BCUT2D eigenvalue weighted by Gasteiger charge is -2.17. The van der Waals surface area contributed by atoms with Crippen molar-refractivity contribution in [3.63, 3.8) is 0 Å². The van der Waals surface area contributed by atoms with Crippen molar-refractivity contribution >= 4 is 5.91 Å². The number of aliphatic hydroxyl groups excluding tert-OH is 1. The molecule has 19 heavy (non-hydrogen) atoms. The second kappa shape index (κ2) is 7.60. The number of rotatable bonds is 4. The van der Waals surface area contributed by atoms with Gasteiger partial charge in [0.05, 0.1) is 12.2 Å². The van der Waals surface area contributed by atoms with E-state index in [2.05, 4.69) is 11.8 Å². The largest absolute Gasteiger partial charge is 0.395 e. The van der Waals surface area contributed by atoms with Crippen LogP contribution in [0, 0.1) is 18.8 Å². The van der Waals surface area contributed by atoms with E-state index in [1.54, 1.807) is 11.9 Å². The Morgan fingerprint density at radius 3 is 2.79 bits per heavy atom. The maximum Gasteiger partial charge on any atom is 0.254 e. The fourth-order valence-electron chi connectivity index (χ4n) is 1.80. The summed E-state index contributed by atoms with van der Waals surface area (Å²) < 4.78 is 0. The average molecular weight is 259 g/mol. The van der Waals surface area contributed by atoms with Crippen molar-refractivity contribution in [2.75, 3.05) is 20.2 Å². The second-order valence-corrected chi connectivity index (χ2v) is 4.55. The van der Waals surface area contributed by atoms with Gasteiger partial charge in [-0.1, -0.05) is 24.8 Å². The zero-order valence-electron chi connectivity index (χ0n) is 11.9. The van der Waals surface area contributed by atoms with E-state index in [9.17, 15) is 4.79 Å². The summed E-state index contributed by atoms with van der Waals surface area (Å²) >= 11 is 0. The third-order valence-corrected chi connectivity index (χ3v) is 2.77. The lowest BCUT2D eigenvalue weighted by atomic mass is 10.0. The minimum atomic E-state index is -0.00449. The molecule has 1 rings (SSSR count). The minimum Gasteiger partial charge on any atom is -0.395 e. The summed E-state index contributed by atoms with van der Waals surface area (Å²) in [5.74, 6) is 5.84. The summed E-state index contributed by atoms with van der Waals surface area (Å²) in [5.41, 5.74) is 2.44. The predicted molar refractivity (Wildman–Crippen MR) is 77.0 cm³/mol. The smallest absolute Gasteiger partial charge is 0.254 e. The van der Waals surface area contributed by atoms with Crippen LogP contribution in [0.4, 0.5) is 0 Å². The zero-order valence-corrected chi connectivity index (χ0v) is 11.9. The zero-order chi connectivity index (χ0) is 14.3. The van der Waals surface area contributed by atoms with E-state index in [1.807, 2.05) is 32.0 Å². The van der Waals surface area contributed by atoms with E-state index in [4.69, 9.17) is 5.11 Å². The lowest BCUT2D eigenvalue weighted by Crippen LogP contribution is -2.28. The molecule has 0 heterocycles. The van der Waals surface area contributed by atoms with Gasteiger partial charge < -0.3 is 10.0 Å². The molecule has 1 N–H and O–H groups in total. The van der Waals surface area contributed by atoms with Crippen molar-refractivity contribution in [3.8, 4) is 11.8 Å². The Kier molecular flexibility index (Phi) is 6.11. The predicted octanol–water partition coefficient (Wildman–Crippen LogP) is 2.21. The first-order chi connectivity index (χ1) is 9.10. The number of amides is 1. The van der Waals surface area contributed by atoms with Crippen LogP contribution in [-0.4, -0.2) is 36.1 Å². The maximum absolute atomic E-state index is 12.3. The standard InChI is InChI=1S/C16H21NO2/c1-4-10-17(3)16(19)15-9-8-13(2)12-14(15)7-5-6-11-18/h8-9,12,18H,4,6,10-11H2,1-3H3. The molecule has 0 fully saturated rings. The highest BCUT2D eigenvalue weighted by Crippen LogP contribution is 2.13. The molecule has 0 saturated carbocycles. The van der Waals surface area contributed by atoms with Crippen LogP contribution in [0.3, 0.4) is 0 Å². The van der Waals surface area contributed by atoms with E-state index < -0.39 is 0 Å². The highest BCUT2D eigenvalue weighted by Gasteiger charge is 2.14. The Hall–Kier alpha value is -1.79. The van der Waals surface area contributed by atoms with Crippen LogP contribution in [0.25, 0.3) is 0 Å². The fraction of sp³-hybridized carbons (Fsp3) is 0.438. The van der Waals surface area contributed by atoms with Crippen molar-refractivity contribution in [1.29, 1.82) is 0 Å². The summed E-state index contributed by atoms with van der Waals surface area (Å²) in [4.78, 5) is 14.0. The Balaban J connectivity index is 3.06. The number of carbonyl (C=O) groups excluding carboxylic acids is 1. The van der Waals surface area contributed by atoms with Crippen LogP contribution >= 0.6 is 0 Å². The van der Waals surface area contributed by atoms with Crippen LogP contribution in [0.1, 0.15) is 41.3 Å². The first-order valence-electron chi connectivity index (χ1n) is 6.56. The molecular formula is C16H21NO2. The van der Waals surface area contributed by atoms with Crippen molar-refractivity contribution in [3.05, 3.63) is 34.9 Å². The molecule has 3 heteroatoms. The molecular weight excluding hydrogens is 238 g/mol. The number of nitrogens with zero attached hydrogens (tertiary/aromatic N) is 1. The van der Waals surface area contributed by atoms with Gasteiger partial charge in [0.1, 0.15) is 0 Å². The summed E-state index contributed by atoms with van der Waals surface area (Å²) in [7, 11) is 1.80. The van der Waals surface area contributed by atoms with Gasteiger partial charge in [0.25, 0.3) is 5.91 Å². The Bertz CT molecular complexity index is 497. The maximum atomic E-state index is 12.3. The molecule has 1 amide bonds. The number of hydrogen-bond acceptors (Lipinski definition) is 2. The SMILES string of the molecule is CCCN(C)C(=O)c1ccc(C)cc1C#CCCO. The van der Waals surface area contributed by atoms with Crippen molar-refractivity contribution in [1.82, 2.24) is 4.90 Å². The molecule has 0 saturated heterocycles. The van der Waals surface area contributed by atoms with Crippen LogP contribution < -0.4 is 0 Å². The Labute approximate surface area is 115 Å². The average Bonchev–Trinajstić information content (AvgIpc) is 2.39. The fourth-order valence-corrected chi connectivity index (χ4v) is 1.80. The molecule has 0 aliphatic carbocycles. The molecule has 0 spiro atoms. The molecule has 1 aromatic carbocycles. The number of aliphatic hydroxyl groups is 1. The van der Waals surface area contributed by atoms with Crippen LogP contribution in [-0.2, 0) is 0 Å². The van der Waals surface area contributed by atoms with E-state index in [0.29, 0.717) is 12.0 Å². The number of hydrogen-bond donors (Lipinski definition) is 1. The van der Waals surface area contributed by atoms with Crippen molar-refractivity contribution in [2.45, 2.75) is 26.7 Å². The van der Waals surface area contributed by atoms with Gasteiger partial charge >= 0.3 is 0 Å². The molecule has 0 atom stereocenters. The first kappa shape index (κ1) is 15.3. The van der Waals surface area contributed by atoms with Crippen LogP contribution in [0.2, 0.25) is 0 Å². The molecule has 3 nitrogen and oxygen atoms in total. The van der Waals surface area contributed by atoms with Gasteiger partial charge in [0, 0.05) is 25.6 Å². The lowest BCUT2D eigenvalue weighted by molar-refractivity contribution is 0.0795. The van der Waals surface area contributed by atoms with Gasteiger partial charge in [-0.25, -0.2) is 0 Å². The van der Waals surface area contributed by atoms with Gasteiger partial charge in [-0.2, -0.15) is 0 Å². The molecule has 0 aliphatic heterocycles. The van der Waals surface area contributed by atoms with Gasteiger partial charge in [0.15, 0.2) is 0 Å². The summed E-state index contributed by atoms with van der Waals surface area (Å²) in [6.45, 7) is 4.79. The van der Waals surface area contributed by atoms with Crippen LogP contribution in [0.15, 0.2) is 18.2 Å². The first-order valence-corrected chi connectivity index (χ1v) is 6.56. The summed E-state index contributed by atoms with van der Waals surface area (Å²) in [5, 5.41) is 8.76. The third-order valence-electron chi connectivity index (χ3n) is 2.77. The molecule has 0 unspecified atom stereocenters. The Morgan fingerprint density at radius 2 is 2.16 bits per heavy atom. The van der Waals surface area contributed by atoms with Gasteiger partial charge in [0.2, 0.25) is 0 Å². The molecule has 0 bridgehead atoms. The highest BCUT2D eigenvalue weighted by atomic mass is 16.2. The van der Waals surface area contributed by atoms with Gasteiger partial charge in [-0.05, 0) is 31.0 Å². The third kappa shape index (κ3) is 4.42. The van der Waals surface area contributed by atoms with Gasteiger partial charge in [-0.3, -0.25) is 4.79 Å². The molecule has 0 radical (unpaired) electrons. The Morgan fingerprint density at radius 1 is 1.42 bits per heavy atom. The topological polar surface area (TPSA) is 40.5 Å². The van der Waals surface area contributed by atoms with Crippen molar-refractivity contribution in [2.24, 2.45) is 0 Å². The van der Waals surface area contributed by atoms with Gasteiger partial charge in [-0.15, -0.1) is 0 Å². The molecule has 0 aliphatic rings. The number of benzene rings is 1. The summed E-state index contributed by atoms with van der Waals surface area (Å²) in [6.07, 6.45) is 1.35. The molecule has 102 valence electrons. The number of aryl methyl sites for hydroxylation is 1. The molecule has 0 aromatic heterocycles. The van der Waals surface area contributed by atoms with E-state index in [-0.39, 0.29) is 12.5 Å². The minimum absolute atomic E-state index is 0.00449. The highest BCUT2D eigenvalue weighted by molar-refractivity contribution is 5.96.